The molecule has 0 saturated carbocycles. The first-order valence-corrected chi connectivity index (χ1v) is 3.81. The van der Waals surface area contributed by atoms with E-state index in [4.69, 9.17) is 0 Å². The number of thioether (sulfide) groups is 1. The van der Waals surface area contributed by atoms with Crippen molar-refractivity contribution in [1.29, 1.82) is 0 Å². The van der Waals surface area contributed by atoms with E-state index in [2.05, 4.69) is 6.58 Å². The fourth-order valence-electron chi connectivity index (χ4n) is 0.403. The van der Waals surface area contributed by atoms with E-state index in [-0.39, 0.29) is 0 Å². The zero-order valence-corrected chi connectivity index (χ0v) is 6.49. The van der Waals surface area contributed by atoms with E-state index in [0.29, 0.717) is 0 Å². The molecule has 0 bridgehead atoms. The van der Waals surface area contributed by atoms with Crippen LogP contribution in [0.4, 0.5) is 0 Å². The Hall–Kier alpha value is -0.500. The Kier molecular flexibility index (Phi) is 4.14. The number of hydrogen-bond donors (Lipinski definition) is 0. The first kappa shape index (κ1) is 8.50. The van der Waals surface area contributed by atoms with Crippen molar-refractivity contribution in [1.82, 2.24) is 0 Å². The Balaban J connectivity index is 4.36. The molecule has 0 unspecified atom stereocenters. The van der Waals surface area contributed by atoms with Crippen LogP contribution in [0.1, 0.15) is 6.92 Å². The van der Waals surface area contributed by atoms with Crippen molar-refractivity contribution in [2.45, 2.75) is 6.92 Å². The molecule has 0 radical (unpaired) electrons. The van der Waals surface area contributed by atoms with Crippen LogP contribution < -0.4 is 0 Å². The summed E-state index contributed by atoms with van der Waals surface area (Å²) in [7, 11) is 0. The highest BCUT2D eigenvalue weighted by Gasteiger charge is 1.93. The van der Waals surface area contributed by atoms with Crippen molar-refractivity contribution in [2.24, 2.45) is 0 Å². The molecular formula is C7H10OS. The summed E-state index contributed by atoms with van der Waals surface area (Å²) in [6.07, 6.45) is 4.40. The average Bonchev–Trinajstić information content (AvgIpc) is 1.90. The van der Waals surface area contributed by atoms with Gasteiger partial charge in [-0.15, -0.1) is 11.8 Å². The van der Waals surface area contributed by atoms with Crippen LogP contribution in [0.3, 0.4) is 0 Å². The van der Waals surface area contributed by atoms with Gasteiger partial charge in [0.15, 0.2) is 6.29 Å². The van der Waals surface area contributed by atoms with Gasteiger partial charge in [0.1, 0.15) is 0 Å². The quantitative estimate of drug-likeness (QED) is 0.340. The maximum atomic E-state index is 10.2. The van der Waals surface area contributed by atoms with Crippen LogP contribution in [-0.2, 0) is 4.79 Å². The highest BCUT2D eigenvalue weighted by molar-refractivity contribution is 8.03. The van der Waals surface area contributed by atoms with Gasteiger partial charge in [0.2, 0.25) is 0 Å². The summed E-state index contributed by atoms with van der Waals surface area (Å²) in [5, 5.41) is 0. The lowest BCUT2D eigenvalue weighted by molar-refractivity contribution is -0.104. The first-order valence-electron chi connectivity index (χ1n) is 2.58. The normalized spacial score (nSPS) is 12.2. The van der Waals surface area contributed by atoms with Crippen LogP contribution in [0.15, 0.2) is 23.1 Å². The minimum Gasteiger partial charge on any atom is -0.297 e. The van der Waals surface area contributed by atoms with Crippen molar-refractivity contribution in [3.05, 3.63) is 23.1 Å². The fourth-order valence-corrected chi connectivity index (χ4v) is 0.904. The average molecular weight is 142 g/mol. The lowest BCUT2D eigenvalue weighted by Crippen LogP contribution is -1.80. The van der Waals surface area contributed by atoms with Crippen LogP contribution >= 0.6 is 11.8 Å². The zero-order valence-electron chi connectivity index (χ0n) is 5.68. The molecule has 0 aromatic heterocycles. The van der Waals surface area contributed by atoms with Gasteiger partial charge in [0.05, 0.1) is 0 Å². The Morgan fingerprint density at radius 2 is 2.22 bits per heavy atom. The number of rotatable bonds is 3. The van der Waals surface area contributed by atoms with Crippen molar-refractivity contribution in [3.8, 4) is 0 Å². The second-order valence-electron chi connectivity index (χ2n) is 1.57. The van der Waals surface area contributed by atoms with Crippen molar-refractivity contribution < 1.29 is 4.79 Å². The monoisotopic (exact) mass is 142 g/mol. The maximum absolute atomic E-state index is 10.2. The topological polar surface area (TPSA) is 17.1 Å². The highest BCUT2D eigenvalue weighted by Crippen LogP contribution is 2.13. The van der Waals surface area contributed by atoms with Crippen molar-refractivity contribution >= 4 is 18.0 Å². The molecule has 0 N–H and O–H groups in total. The van der Waals surface area contributed by atoms with Crippen LogP contribution in [0.2, 0.25) is 0 Å². The molecule has 2 heteroatoms. The van der Waals surface area contributed by atoms with E-state index < -0.39 is 0 Å². The van der Waals surface area contributed by atoms with Gasteiger partial charge in [-0.3, -0.25) is 4.79 Å². The van der Waals surface area contributed by atoms with Gasteiger partial charge in [-0.1, -0.05) is 12.7 Å². The highest BCUT2D eigenvalue weighted by atomic mass is 32.2. The van der Waals surface area contributed by atoms with Gasteiger partial charge in [0.25, 0.3) is 0 Å². The maximum Gasteiger partial charge on any atom is 0.156 e. The molecule has 0 saturated heterocycles. The van der Waals surface area contributed by atoms with E-state index in [9.17, 15) is 4.79 Å². The lowest BCUT2D eigenvalue weighted by Gasteiger charge is -1.94. The summed E-state index contributed by atoms with van der Waals surface area (Å²) in [5.74, 6) is 0. The van der Waals surface area contributed by atoms with Crippen LogP contribution in [0, 0.1) is 0 Å². The van der Waals surface area contributed by atoms with E-state index >= 15 is 0 Å². The SMILES string of the molecule is C=C/C(C)=C(/C=O)SC. The third-order valence-corrected chi connectivity index (χ3v) is 1.88. The minimum atomic E-state index is 0.755. The Bertz CT molecular complexity index is 147. The predicted molar refractivity (Wildman–Crippen MR) is 42.5 cm³/mol. The van der Waals surface area contributed by atoms with Crippen LogP contribution in [-0.4, -0.2) is 12.5 Å². The summed E-state index contributed by atoms with van der Waals surface area (Å²) in [5.41, 5.74) is 0.942. The lowest BCUT2D eigenvalue weighted by atomic mass is 10.3. The van der Waals surface area contributed by atoms with Gasteiger partial charge < -0.3 is 0 Å². The van der Waals surface area contributed by atoms with Gasteiger partial charge in [-0.25, -0.2) is 0 Å². The summed E-state index contributed by atoms with van der Waals surface area (Å²) in [6.45, 7) is 5.42. The van der Waals surface area contributed by atoms with Crippen molar-refractivity contribution in [3.63, 3.8) is 0 Å². The molecule has 0 aromatic rings. The standard InChI is InChI=1S/C7H10OS/c1-4-6(2)7(5-8)9-3/h4-5H,1H2,2-3H3/b7-6-. The van der Waals surface area contributed by atoms with Crippen molar-refractivity contribution in [2.75, 3.05) is 6.26 Å². The molecule has 0 aliphatic rings. The second-order valence-corrected chi connectivity index (χ2v) is 2.42. The minimum absolute atomic E-state index is 0.755. The molecule has 0 amide bonds. The van der Waals surface area contributed by atoms with E-state index in [1.54, 1.807) is 6.08 Å². The molecule has 0 aliphatic heterocycles. The summed E-state index contributed by atoms with van der Waals surface area (Å²) < 4.78 is 0. The van der Waals surface area contributed by atoms with Gasteiger partial charge >= 0.3 is 0 Å². The van der Waals surface area contributed by atoms with E-state index in [1.165, 1.54) is 11.8 Å². The summed E-state index contributed by atoms with van der Waals surface area (Å²) >= 11 is 1.44. The number of aldehydes is 1. The van der Waals surface area contributed by atoms with Crippen LogP contribution in [0.25, 0.3) is 0 Å². The third kappa shape index (κ3) is 2.51. The summed E-state index contributed by atoms with van der Waals surface area (Å²) in [6, 6.07) is 0. The third-order valence-electron chi connectivity index (χ3n) is 1.02. The Labute approximate surface area is 59.8 Å². The zero-order chi connectivity index (χ0) is 7.28. The predicted octanol–water partition coefficient (Wildman–Crippen LogP) is 2.01. The molecule has 0 aliphatic carbocycles. The van der Waals surface area contributed by atoms with Gasteiger partial charge in [-0.2, -0.15) is 0 Å². The first-order chi connectivity index (χ1) is 4.26. The smallest absolute Gasteiger partial charge is 0.156 e. The molecule has 0 fully saturated rings. The largest absolute Gasteiger partial charge is 0.297 e. The summed E-state index contributed by atoms with van der Waals surface area (Å²) in [4.78, 5) is 11.0. The molecule has 0 spiro atoms. The van der Waals surface area contributed by atoms with Gasteiger partial charge in [0, 0.05) is 4.91 Å². The Morgan fingerprint density at radius 1 is 1.67 bits per heavy atom. The number of allylic oxidation sites excluding steroid dienone is 3. The van der Waals surface area contributed by atoms with Gasteiger partial charge in [-0.05, 0) is 18.8 Å². The molecule has 0 atom stereocenters. The molecule has 1 nitrogen and oxygen atoms in total. The Morgan fingerprint density at radius 3 is 2.33 bits per heavy atom. The van der Waals surface area contributed by atoms with Crippen LogP contribution in [0.5, 0.6) is 0 Å². The number of hydrogen-bond acceptors (Lipinski definition) is 2. The fraction of sp³-hybridized carbons (Fsp3) is 0.286. The molecule has 0 heterocycles. The number of carbonyl (C=O) groups excluding carboxylic acids is 1. The molecule has 50 valence electrons. The molecule has 0 aromatic carbocycles. The van der Waals surface area contributed by atoms with E-state index in [0.717, 1.165) is 16.8 Å². The van der Waals surface area contributed by atoms with E-state index in [1.807, 2.05) is 13.2 Å². The molecule has 0 rings (SSSR count). The molecular weight excluding hydrogens is 132 g/mol. The molecule has 9 heavy (non-hydrogen) atoms. The second kappa shape index (κ2) is 4.39. The number of carbonyl (C=O) groups is 1.